The molecule has 1 atom stereocenters. The summed E-state index contributed by atoms with van der Waals surface area (Å²) in [4.78, 5) is 25.8. The highest BCUT2D eigenvalue weighted by Gasteiger charge is 2.26. The molecule has 1 aromatic heterocycles. The van der Waals surface area contributed by atoms with Crippen molar-refractivity contribution < 1.29 is 14.0 Å². The Kier molecular flexibility index (Phi) is 5.09. The summed E-state index contributed by atoms with van der Waals surface area (Å²) < 4.78 is 5.38. The summed E-state index contributed by atoms with van der Waals surface area (Å²) in [5.41, 5.74) is 1.19. The number of likely N-dealkylation sites (tertiary alicyclic amines) is 1. The fraction of sp³-hybridized carbons (Fsp3) is 0.444. The number of furan rings is 1. The van der Waals surface area contributed by atoms with Gasteiger partial charge in [-0.05, 0) is 43.4 Å². The number of hydrogen-bond acceptors (Lipinski definition) is 3. The summed E-state index contributed by atoms with van der Waals surface area (Å²) in [6.45, 7) is 3.67. The molecule has 1 aliphatic rings. The van der Waals surface area contributed by atoms with E-state index in [1.165, 1.54) is 6.92 Å². The van der Waals surface area contributed by atoms with Crippen LogP contribution in [0.15, 0.2) is 28.9 Å². The maximum Gasteiger partial charge on any atom is 0.254 e. The number of amides is 2. The van der Waals surface area contributed by atoms with Crippen LogP contribution in [-0.4, -0.2) is 36.3 Å². The lowest BCUT2D eigenvalue weighted by molar-refractivity contribution is -0.119. The van der Waals surface area contributed by atoms with Gasteiger partial charge in [0.1, 0.15) is 0 Å². The molecule has 1 aliphatic heterocycles. The highest BCUT2D eigenvalue weighted by molar-refractivity contribution is 6.35. The fourth-order valence-corrected chi connectivity index (χ4v) is 3.53. The lowest BCUT2D eigenvalue weighted by atomic mass is 9.94. The Morgan fingerprint density at radius 3 is 3.00 bits per heavy atom. The Bertz CT molecular complexity index is 756. The first kappa shape index (κ1) is 16.8. The number of carbonyl (C=O) groups is 2. The monoisotopic (exact) mass is 348 g/mol. The van der Waals surface area contributed by atoms with E-state index in [0.29, 0.717) is 28.6 Å². The van der Waals surface area contributed by atoms with Gasteiger partial charge in [-0.1, -0.05) is 11.6 Å². The summed E-state index contributed by atoms with van der Waals surface area (Å²) >= 11 is 6.11. The summed E-state index contributed by atoms with van der Waals surface area (Å²) in [5.74, 6) is 0.422. The van der Waals surface area contributed by atoms with E-state index in [1.54, 1.807) is 24.5 Å². The van der Waals surface area contributed by atoms with Crippen LogP contribution < -0.4 is 5.32 Å². The van der Waals surface area contributed by atoms with Crippen LogP contribution >= 0.6 is 11.6 Å². The molecule has 128 valence electrons. The van der Waals surface area contributed by atoms with Crippen molar-refractivity contribution in [2.75, 3.05) is 19.6 Å². The highest BCUT2D eigenvalue weighted by atomic mass is 35.5. The van der Waals surface area contributed by atoms with Gasteiger partial charge in [-0.3, -0.25) is 9.59 Å². The average Bonchev–Trinajstić information content (AvgIpc) is 3.05. The molecule has 2 aromatic rings. The predicted octanol–water partition coefficient (Wildman–Crippen LogP) is 3.46. The molecule has 1 aromatic carbocycles. The first-order chi connectivity index (χ1) is 11.6. The van der Waals surface area contributed by atoms with Gasteiger partial charge in [-0.25, -0.2) is 0 Å². The molecular weight excluding hydrogens is 328 g/mol. The number of halogens is 1. The molecule has 3 rings (SSSR count). The number of nitrogens with one attached hydrogen (secondary N) is 1. The van der Waals surface area contributed by atoms with Gasteiger partial charge in [0.2, 0.25) is 5.91 Å². The first-order valence-corrected chi connectivity index (χ1v) is 8.63. The zero-order chi connectivity index (χ0) is 17.1. The molecule has 5 nitrogen and oxygen atoms in total. The van der Waals surface area contributed by atoms with Crippen molar-refractivity contribution in [3.63, 3.8) is 0 Å². The molecule has 0 radical (unpaired) electrons. The van der Waals surface area contributed by atoms with E-state index < -0.39 is 0 Å². The lowest BCUT2D eigenvalue weighted by Gasteiger charge is -2.33. The van der Waals surface area contributed by atoms with Crippen LogP contribution in [0.5, 0.6) is 0 Å². The smallest absolute Gasteiger partial charge is 0.254 e. The molecule has 2 amide bonds. The third kappa shape index (κ3) is 3.56. The molecule has 0 aliphatic carbocycles. The van der Waals surface area contributed by atoms with Gasteiger partial charge in [-0.2, -0.15) is 0 Å². The maximum absolute atomic E-state index is 12.9. The Balaban J connectivity index is 1.71. The van der Waals surface area contributed by atoms with E-state index in [2.05, 4.69) is 5.32 Å². The Morgan fingerprint density at radius 1 is 1.38 bits per heavy atom. The van der Waals surface area contributed by atoms with Crippen molar-refractivity contribution >= 4 is 34.4 Å². The number of hydrogen-bond donors (Lipinski definition) is 1. The Hall–Kier alpha value is -2.01. The van der Waals surface area contributed by atoms with Crippen LogP contribution in [0.2, 0.25) is 5.02 Å². The van der Waals surface area contributed by atoms with Gasteiger partial charge < -0.3 is 14.6 Å². The standard InChI is InChI=1S/C18H21ClN2O3/c1-12(22)20-8-6-13-3-2-9-21(11-13)18(23)15-4-5-16(19)17-14(15)7-10-24-17/h4-5,7,10,13H,2-3,6,8-9,11H2,1H3,(H,20,22). The van der Waals surface area contributed by atoms with Crippen molar-refractivity contribution in [2.24, 2.45) is 5.92 Å². The van der Waals surface area contributed by atoms with Crippen molar-refractivity contribution in [1.29, 1.82) is 0 Å². The molecule has 0 saturated carbocycles. The number of piperidine rings is 1. The van der Waals surface area contributed by atoms with Gasteiger partial charge in [0.05, 0.1) is 16.8 Å². The highest BCUT2D eigenvalue weighted by Crippen LogP contribution is 2.29. The van der Waals surface area contributed by atoms with E-state index >= 15 is 0 Å². The van der Waals surface area contributed by atoms with Crippen LogP contribution in [0.25, 0.3) is 11.0 Å². The molecule has 1 unspecified atom stereocenters. The number of nitrogens with zero attached hydrogens (tertiary/aromatic N) is 1. The summed E-state index contributed by atoms with van der Waals surface area (Å²) in [5, 5.41) is 4.10. The molecule has 6 heteroatoms. The SMILES string of the molecule is CC(=O)NCCC1CCCN(C(=O)c2ccc(Cl)c3occc23)C1. The van der Waals surface area contributed by atoms with E-state index in [1.807, 2.05) is 4.90 Å². The Morgan fingerprint density at radius 2 is 2.21 bits per heavy atom. The van der Waals surface area contributed by atoms with E-state index in [-0.39, 0.29) is 11.8 Å². The topological polar surface area (TPSA) is 62.6 Å². The second-order valence-corrected chi connectivity index (χ2v) is 6.70. The number of carbonyl (C=O) groups excluding carboxylic acids is 2. The van der Waals surface area contributed by atoms with Gasteiger partial charge in [0, 0.05) is 31.9 Å². The predicted molar refractivity (Wildman–Crippen MR) is 93.2 cm³/mol. The van der Waals surface area contributed by atoms with Gasteiger partial charge >= 0.3 is 0 Å². The van der Waals surface area contributed by atoms with Crippen LogP contribution in [0, 0.1) is 5.92 Å². The minimum absolute atomic E-state index is 0.0118. The van der Waals surface area contributed by atoms with Gasteiger partial charge in [0.15, 0.2) is 5.58 Å². The number of benzene rings is 1. The maximum atomic E-state index is 12.9. The van der Waals surface area contributed by atoms with Crippen molar-refractivity contribution in [2.45, 2.75) is 26.2 Å². The van der Waals surface area contributed by atoms with Crippen molar-refractivity contribution in [3.8, 4) is 0 Å². The third-order valence-electron chi connectivity index (χ3n) is 4.53. The lowest BCUT2D eigenvalue weighted by Crippen LogP contribution is -2.40. The second kappa shape index (κ2) is 7.26. The number of rotatable bonds is 4. The largest absolute Gasteiger partial charge is 0.463 e. The zero-order valence-electron chi connectivity index (χ0n) is 13.7. The zero-order valence-corrected chi connectivity index (χ0v) is 14.4. The molecule has 1 N–H and O–H groups in total. The molecule has 1 saturated heterocycles. The molecule has 0 spiro atoms. The Labute approximate surface area is 145 Å². The molecular formula is C18H21ClN2O3. The summed E-state index contributed by atoms with van der Waals surface area (Å²) in [6.07, 6.45) is 4.52. The minimum atomic E-state index is -0.0118. The summed E-state index contributed by atoms with van der Waals surface area (Å²) in [7, 11) is 0. The molecule has 1 fully saturated rings. The van der Waals surface area contributed by atoms with Crippen molar-refractivity contribution in [3.05, 3.63) is 35.0 Å². The van der Waals surface area contributed by atoms with Crippen LogP contribution in [0.1, 0.15) is 36.5 Å². The molecule has 0 bridgehead atoms. The normalized spacial score (nSPS) is 17.9. The average molecular weight is 349 g/mol. The first-order valence-electron chi connectivity index (χ1n) is 8.25. The number of fused-ring (bicyclic) bond motifs is 1. The quantitative estimate of drug-likeness (QED) is 0.920. The van der Waals surface area contributed by atoms with Crippen LogP contribution in [0.4, 0.5) is 0 Å². The summed E-state index contributed by atoms with van der Waals surface area (Å²) in [6, 6.07) is 5.26. The van der Waals surface area contributed by atoms with Gasteiger partial charge in [-0.15, -0.1) is 0 Å². The van der Waals surface area contributed by atoms with Crippen molar-refractivity contribution in [1.82, 2.24) is 10.2 Å². The van der Waals surface area contributed by atoms with E-state index in [0.717, 1.165) is 37.7 Å². The van der Waals surface area contributed by atoms with Crippen LogP contribution in [-0.2, 0) is 4.79 Å². The van der Waals surface area contributed by atoms with Crippen LogP contribution in [0.3, 0.4) is 0 Å². The fourth-order valence-electron chi connectivity index (χ4n) is 3.32. The molecule has 2 heterocycles. The molecule has 24 heavy (non-hydrogen) atoms. The van der Waals surface area contributed by atoms with Gasteiger partial charge in [0.25, 0.3) is 5.91 Å². The van der Waals surface area contributed by atoms with E-state index in [4.69, 9.17) is 16.0 Å². The third-order valence-corrected chi connectivity index (χ3v) is 4.83. The van der Waals surface area contributed by atoms with E-state index in [9.17, 15) is 9.59 Å². The second-order valence-electron chi connectivity index (χ2n) is 6.29. The minimum Gasteiger partial charge on any atom is -0.463 e.